The van der Waals surface area contributed by atoms with Crippen LogP contribution in [-0.4, -0.2) is 90.6 Å². The van der Waals surface area contributed by atoms with Crippen molar-refractivity contribution in [3.63, 3.8) is 0 Å². The van der Waals surface area contributed by atoms with Gasteiger partial charge >= 0.3 is 0 Å². The molecule has 0 N–H and O–H groups in total. The fraction of sp³-hybridized carbons (Fsp3) is 0.643. The molecule has 0 aromatic heterocycles. The standard InChI is InChI=1S/C28H38N4O4/c1-36-23-9-7-20(8-10-23)27(34)21-11-14-30(15-12-21)25-13-16-31(28(25)35)17-22-5-3-2-4-6-24(22)32-18-26(33)29-19-32/h7-10,19,21-22,24-25H,2-6,11-18H2,1H3. The van der Waals surface area contributed by atoms with Gasteiger partial charge in [-0.1, -0.05) is 19.3 Å². The molecule has 0 radical (unpaired) electrons. The molecule has 194 valence electrons. The number of nitrogens with zero attached hydrogens (tertiary/aromatic N) is 4. The maximum absolute atomic E-state index is 13.5. The average Bonchev–Trinajstić information content (AvgIpc) is 3.41. The minimum absolute atomic E-state index is 0.0128. The predicted molar refractivity (Wildman–Crippen MR) is 137 cm³/mol. The van der Waals surface area contributed by atoms with Crippen LogP contribution in [0.25, 0.3) is 0 Å². The number of aliphatic imine (C=N–C) groups is 1. The number of piperidine rings is 1. The van der Waals surface area contributed by atoms with Crippen LogP contribution in [0.15, 0.2) is 29.3 Å². The molecule has 1 aromatic carbocycles. The van der Waals surface area contributed by atoms with E-state index in [0.717, 1.165) is 69.6 Å². The lowest BCUT2D eigenvalue weighted by molar-refractivity contribution is -0.133. The Bertz CT molecular complexity index is 986. The van der Waals surface area contributed by atoms with E-state index in [1.807, 2.05) is 24.3 Å². The van der Waals surface area contributed by atoms with Gasteiger partial charge in [0.25, 0.3) is 5.91 Å². The summed E-state index contributed by atoms with van der Waals surface area (Å²) in [5.41, 5.74) is 0.736. The normalized spacial score (nSPS) is 28.1. The third-order valence-electron chi connectivity index (χ3n) is 8.65. The van der Waals surface area contributed by atoms with E-state index < -0.39 is 0 Å². The molecule has 8 heteroatoms. The number of ether oxygens (including phenoxy) is 1. The number of methoxy groups -OCH3 is 1. The first-order valence-corrected chi connectivity index (χ1v) is 13.6. The topological polar surface area (TPSA) is 82.5 Å². The van der Waals surface area contributed by atoms with Crippen molar-refractivity contribution in [1.29, 1.82) is 0 Å². The van der Waals surface area contributed by atoms with Crippen LogP contribution in [0.2, 0.25) is 0 Å². The summed E-state index contributed by atoms with van der Waals surface area (Å²) in [6.45, 7) is 3.52. The highest BCUT2D eigenvalue weighted by atomic mass is 16.5. The summed E-state index contributed by atoms with van der Waals surface area (Å²) in [7, 11) is 1.62. The maximum Gasteiger partial charge on any atom is 0.266 e. The van der Waals surface area contributed by atoms with Gasteiger partial charge in [-0.15, -0.1) is 0 Å². The lowest BCUT2D eigenvalue weighted by atomic mass is 9.88. The molecular weight excluding hydrogens is 456 g/mol. The van der Waals surface area contributed by atoms with Crippen LogP contribution in [-0.2, 0) is 9.59 Å². The van der Waals surface area contributed by atoms with Gasteiger partial charge < -0.3 is 14.5 Å². The third kappa shape index (κ3) is 5.33. The molecule has 5 rings (SSSR count). The Morgan fingerprint density at radius 3 is 2.42 bits per heavy atom. The van der Waals surface area contributed by atoms with Crippen molar-refractivity contribution in [1.82, 2.24) is 14.7 Å². The second kappa shape index (κ2) is 11.1. The molecule has 3 unspecified atom stereocenters. The van der Waals surface area contributed by atoms with Crippen LogP contribution in [0.3, 0.4) is 0 Å². The molecule has 1 aromatic rings. The molecule has 2 amide bonds. The van der Waals surface area contributed by atoms with E-state index in [1.165, 1.54) is 19.3 Å². The molecule has 4 aliphatic rings. The van der Waals surface area contributed by atoms with Crippen molar-refractivity contribution >= 4 is 23.9 Å². The molecular formula is C28H38N4O4. The van der Waals surface area contributed by atoms with Gasteiger partial charge in [0.15, 0.2) is 5.78 Å². The number of carbonyl (C=O) groups excluding carboxylic acids is 3. The summed E-state index contributed by atoms with van der Waals surface area (Å²) in [6.07, 6.45) is 9.88. The third-order valence-corrected chi connectivity index (χ3v) is 8.65. The lowest BCUT2D eigenvalue weighted by Gasteiger charge is -2.36. The van der Waals surface area contributed by atoms with E-state index in [-0.39, 0.29) is 35.6 Å². The molecule has 36 heavy (non-hydrogen) atoms. The van der Waals surface area contributed by atoms with Gasteiger partial charge in [0.05, 0.1) is 19.5 Å². The zero-order chi connectivity index (χ0) is 25.1. The summed E-state index contributed by atoms with van der Waals surface area (Å²) in [5.74, 6) is 1.51. The fourth-order valence-corrected chi connectivity index (χ4v) is 6.58. The summed E-state index contributed by atoms with van der Waals surface area (Å²) in [6, 6.07) is 7.58. The molecule has 2 saturated heterocycles. The minimum Gasteiger partial charge on any atom is -0.497 e. The Kier molecular flexibility index (Phi) is 7.70. The molecule has 3 aliphatic heterocycles. The van der Waals surface area contributed by atoms with E-state index in [9.17, 15) is 14.4 Å². The Labute approximate surface area is 213 Å². The van der Waals surface area contributed by atoms with E-state index in [2.05, 4.69) is 19.7 Å². The van der Waals surface area contributed by atoms with Gasteiger partial charge in [-0.05, 0) is 75.4 Å². The number of benzene rings is 1. The van der Waals surface area contributed by atoms with Gasteiger partial charge in [-0.25, -0.2) is 4.99 Å². The van der Waals surface area contributed by atoms with Crippen LogP contribution < -0.4 is 4.74 Å². The Hall–Kier alpha value is -2.74. The number of carbonyl (C=O) groups is 3. The van der Waals surface area contributed by atoms with Crippen molar-refractivity contribution in [2.24, 2.45) is 16.8 Å². The zero-order valence-corrected chi connectivity index (χ0v) is 21.3. The molecule has 1 aliphatic carbocycles. The van der Waals surface area contributed by atoms with Crippen LogP contribution in [0.1, 0.15) is 61.7 Å². The highest BCUT2D eigenvalue weighted by Gasteiger charge is 2.40. The number of rotatable bonds is 7. The van der Waals surface area contributed by atoms with Crippen molar-refractivity contribution in [3.8, 4) is 5.75 Å². The van der Waals surface area contributed by atoms with Crippen LogP contribution >= 0.6 is 0 Å². The summed E-state index contributed by atoms with van der Waals surface area (Å²) < 4.78 is 5.20. The molecule has 3 heterocycles. The number of likely N-dealkylation sites (tertiary alicyclic amines) is 2. The first kappa shape index (κ1) is 24.9. The highest BCUT2D eigenvalue weighted by Crippen LogP contribution is 2.32. The predicted octanol–water partition coefficient (Wildman–Crippen LogP) is 3.01. The van der Waals surface area contributed by atoms with E-state index in [4.69, 9.17) is 4.74 Å². The van der Waals surface area contributed by atoms with Crippen molar-refractivity contribution < 1.29 is 19.1 Å². The molecule has 3 fully saturated rings. The monoisotopic (exact) mass is 494 g/mol. The first-order valence-electron chi connectivity index (χ1n) is 13.6. The molecule has 0 spiro atoms. The van der Waals surface area contributed by atoms with Crippen LogP contribution in [0.5, 0.6) is 5.75 Å². The lowest BCUT2D eigenvalue weighted by Crippen LogP contribution is -2.48. The Balaban J connectivity index is 1.15. The van der Waals surface area contributed by atoms with Gasteiger partial charge in [0.1, 0.15) is 12.3 Å². The molecule has 3 atom stereocenters. The van der Waals surface area contributed by atoms with Gasteiger partial charge in [-0.3, -0.25) is 19.3 Å². The van der Waals surface area contributed by atoms with E-state index in [0.29, 0.717) is 12.5 Å². The molecule has 1 saturated carbocycles. The number of hydrogen-bond donors (Lipinski definition) is 0. The second-order valence-corrected chi connectivity index (χ2v) is 10.8. The highest BCUT2D eigenvalue weighted by molar-refractivity contribution is 5.98. The number of ketones is 1. The first-order chi connectivity index (χ1) is 17.5. The van der Waals surface area contributed by atoms with E-state index >= 15 is 0 Å². The number of Topliss-reactive ketones (excluding diaryl/α,β-unsaturated/α-hetero) is 1. The SMILES string of the molecule is COc1ccc(C(=O)C2CCN(C3CCN(CC4CCCCCC4N4C=NC(=O)C4)C3=O)CC2)cc1. The maximum atomic E-state index is 13.5. The largest absolute Gasteiger partial charge is 0.497 e. The zero-order valence-electron chi connectivity index (χ0n) is 21.3. The minimum atomic E-state index is -0.0683. The number of hydrogen-bond acceptors (Lipinski definition) is 6. The van der Waals surface area contributed by atoms with Gasteiger partial charge in [0, 0.05) is 30.6 Å². The average molecular weight is 495 g/mol. The van der Waals surface area contributed by atoms with Crippen LogP contribution in [0.4, 0.5) is 0 Å². The Morgan fingerprint density at radius 1 is 0.972 bits per heavy atom. The van der Waals surface area contributed by atoms with Gasteiger partial charge in [-0.2, -0.15) is 0 Å². The summed E-state index contributed by atoms with van der Waals surface area (Å²) >= 11 is 0. The molecule has 0 bridgehead atoms. The number of amides is 2. The van der Waals surface area contributed by atoms with Crippen molar-refractivity contribution in [2.75, 3.05) is 39.8 Å². The Morgan fingerprint density at radius 2 is 1.72 bits per heavy atom. The summed E-state index contributed by atoms with van der Waals surface area (Å²) in [5, 5.41) is 0. The van der Waals surface area contributed by atoms with Crippen molar-refractivity contribution in [2.45, 2.75) is 63.5 Å². The van der Waals surface area contributed by atoms with Crippen LogP contribution in [0, 0.1) is 11.8 Å². The quantitative estimate of drug-likeness (QED) is 0.428. The molecule has 8 nitrogen and oxygen atoms in total. The van der Waals surface area contributed by atoms with Crippen molar-refractivity contribution in [3.05, 3.63) is 29.8 Å². The fourth-order valence-electron chi connectivity index (χ4n) is 6.58. The summed E-state index contributed by atoms with van der Waals surface area (Å²) in [4.78, 5) is 48.6. The second-order valence-electron chi connectivity index (χ2n) is 10.8. The van der Waals surface area contributed by atoms with E-state index in [1.54, 1.807) is 13.4 Å². The smallest absolute Gasteiger partial charge is 0.266 e. The van der Waals surface area contributed by atoms with Gasteiger partial charge in [0.2, 0.25) is 5.91 Å².